The van der Waals surface area contributed by atoms with Gasteiger partial charge in [-0.3, -0.25) is 0 Å². The quantitative estimate of drug-likeness (QED) is 0.909. The van der Waals surface area contributed by atoms with Gasteiger partial charge in [-0.2, -0.15) is 0 Å². The third-order valence-corrected chi connectivity index (χ3v) is 5.82. The summed E-state index contributed by atoms with van der Waals surface area (Å²) in [7, 11) is -2.98. The van der Waals surface area contributed by atoms with Gasteiger partial charge in [-0.05, 0) is 53.4 Å². The molecule has 19 heavy (non-hydrogen) atoms. The molecule has 6 heteroatoms. The second-order valence-corrected chi connectivity index (χ2v) is 8.26. The van der Waals surface area contributed by atoms with E-state index in [4.69, 9.17) is 0 Å². The zero-order chi connectivity index (χ0) is 14.0. The van der Waals surface area contributed by atoms with Gasteiger partial charge in [0, 0.05) is 22.5 Å². The van der Waals surface area contributed by atoms with Crippen molar-refractivity contribution < 1.29 is 12.8 Å². The van der Waals surface area contributed by atoms with Gasteiger partial charge >= 0.3 is 0 Å². The van der Waals surface area contributed by atoms with E-state index >= 15 is 0 Å². The Kier molecular flexibility index (Phi) is 4.50. The van der Waals surface area contributed by atoms with Gasteiger partial charge in [0.2, 0.25) is 0 Å². The molecule has 1 saturated carbocycles. The minimum Gasteiger partial charge on any atom is -0.381 e. The molecule has 0 radical (unpaired) electrons. The first kappa shape index (κ1) is 14.8. The molecule has 1 aliphatic rings. The van der Waals surface area contributed by atoms with Crippen LogP contribution in [0.15, 0.2) is 22.7 Å². The normalized spacial score (nSPS) is 24.2. The molecule has 0 amide bonds. The molecule has 106 valence electrons. The van der Waals surface area contributed by atoms with Gasteiger partial charge in [-0.1, -0.05) is 6.42 Å². The lowest BCUT2D eigenvalue weighted by atomic mass is 9.95. The highest BCUT2D eigenvalue weighted by Gasteiger charge is 2.28. The fourth-order valence-electron chi connectivity index (χ4n) is 2.49. The summed E-state index contributed by atoms with van der Waals surface area (Å²) in [6, 6.07) is 4.59. The molecule has 0 aliphatic heterocycles. The van der Waals surface area contributed by atoms with Crippen molar-refractivity contribution in [1.82, 2.24) is 0 Å². The van der Waals surface area contributed by atoms with Gasteiger partial charge in [0.1, 0.15) is 15.7 Å². The van der Waals surface area contributed by atoms with E-state index < -0.39 is 9.84 Å². The lowest BCUT2D eigenvalue weighted by Gasteiger charge is -2.29. The maximum absolute atomic E-state index is 13.0. The first-order valence-corrected chi connectivity index (χ1v) is 9.01. The summed E-state index contributed by atoms with van der Waals surface area (Å²) in [4.78, 5) is 0. The maximum atomic E-state index is 13.0. The molecular formula is C13H17BrFNO2S. The predicted octanol–water partition coefficient (Wildman–Crippen LogP) is 3.36. The van der Waals surface area contributed by atoms with Gasteiger partial charge in [0.25, 0.3) is 0 Å². The summed E-state index contributed by atoms with van der Waals surface area (Å²) in [6.07, 6.45) is 4.49. The number of benzene rings is 1. The van der Waals surface area contributed by atoms with Crippen molar-refractivity contribution in [2.45, 2.75) is 37.0 Å². The van der Waals surface area contributed by atoms with Crippen molar-refractivity contribution in [2.75, 3.05) is 11.6 Å². The van der Waals surface area contributed by atoms with Gasteiger partial charge in [-0.15, -0.1) is 0 Å². The Morgan fingerprint density at radius 2 is 2.11 bits per heavy atom. The van der Waals surface area contributed by atoms with Gasteiger partial charge in [0.05, 0.1) is 5.25 Å². The second kappa shape index (κ2) is 5.79. The van der Waals surface area contributed by atoms with Crippen LogP contribution in [0.25, 0.3) is 0 Å². The highest BCUT2D eigenvalue weighted by Crippen LogP contribution is 2.29. The van der Waals surface area contributed by atoms with Crippen LogP contribution in [0.2, 0.25) is 0 Å². The second-order valence-electron chi connectivity index (χ2n) is 5.08. The summed E-state index contributed by atoms with van der Waals surface area (Å²) >= 11 is 3.31. The number of halogens is 2. The highest BCUT2D eigenvalue weighted by molar-refractivity contribution is 9.10. The minimum atomic E-state index is -2.98. The summed E-state index contributed by atoms with van der Waals surface area (Å²) in [6.45, 7) is 0. The molecule has 0 saturated heterocycles. The third-order valence-electron chi connectivity index (χ3n) is 3.52. The molecule has 2 atom stereocenters. The van der Waals surface area contributed by atoms with Crippen LogP contribution in [0.4, 0.5) is 10.1 Å². The summed E-state index contributed by atoms with van der Waals surface area (Å²) < 4.78 is 36.9. The summed E-state index contributed by atoms with van der Waals surface area (Å²) in [5, 5.41) is 3.03. The predicted molar refractivity (Wildman–Crippen MR) is 78.6 cm³/mol. The van der Waals surface area contributed by atoms with E-state index in [9.17, 15) is 12.8 Å². The Hall–Kier alpha value is -0.620. The number of rotatable bonds is 3. The molecule has 1 N–H and O–H groups in total. The first-order valence-electron chi connectivity index (χ1n) is 6.26. The molecule has 2 rings (SSSR count). The summed E-state index contributed by atoms with van der Waals surface area (Å²) in [5.41, 5.74) is 0.806. The molecule has 0 aromatic heterocycles. The molecule has 1 fully saturated rings. The van der Waals surface area contributed by atoms with Crippen LogP contribution in [-0.2, 0) is 9.84 Å². The average molecular weight is 350 g/mol. The maximum Gasteiger partial charge on any atom is 0.150 e. The molecule has 0 heterocycles. The lowest BCUT2D eigenvalue weighted by Crippen LogP contribution is -2.34. The molecule has 2 unspecified atom stereocenters. The zero-order valence-electron chi connectivity index (χ0n) is 10.7. The molecule has 1 aromatic rings. The Morgan fingerprint density at radius 3 is 2.74 bits per heavy atom. The lowest BCUT2D eigenvalue weighted by molar-refractivity contribution is 0.453. The topological polar surface area (TPSA) is 46.2 Å². The van der Waals surface area contributed by atoms with E-state index in [1.54, 1.807) is 6.07 Å². The van der Waals surface area contributed by atoms with E-state index in [2.05, 4.69) is 21.2 Å². The fraction of sp³-hybridized carbons (Fsp3) is 0.538. The van der Waals surface area contributed by atoms with Crippen LogP contribution >= 0.6 is 15.9 Å². The van der Waals surface area contributed by atoms with E-state index in [0.717, 1.165) is 24.9 Å². The minimum absolute atomic E-state index is 0.121. The van der Waals surface area contributed by atoms with Crippen molar-refractivity contribution in [3.8, 4) is 0 Å². The van der Waals surface area contributed by atoms with Crippen LogP contribution in [0, 0.1) is 5.82 Å². The number of anilines is 1. The highest BCUT2D eigenvalue weighted by atomic mass is 79.9. The van der Waals surface area contributed by atoms with E-state index in [-0.39, 0.29) is 17.1 Å². The van der Waals surface area contributed by atoms with Crippen LogP contribution in [-0.4, -0.2) is 26.0 Å². The van der Waals surface area contributed by atoms with Crippen molar-refractivity contribution in [3.05, 3.63) is 28.5 Å². The van der Waals surface area contributed by atoms with Crippen molar-refractivity contribution in [3.63, 3.8) is 0 Å². The molecule has 0 spiro atoms. The standard InChI is InChI=1S/C13H17BrFNO2S/c1-19(17,18)11-4-2-3-10(8-11)16-13-6-5-9(15)7-12(13)14/h5-7,10-11,16H,2-4,8H2,1H3. The largest absolute Gasteiger partial charge is 0.381 e. The molecule has 3 nitrogen and oxygen atoms in total. The van der Waals surface area contributed by atoms with Crippen molar-refractivity contribution in [1.29, 1.82) is 0 Å². The smallest absolute Gasteiger partial charge is 0.150 e. The molecule has 0 bridgehead atoms. The molecule has 1 aliphatic carbocycles. The monoisotopic (exact) mass is 349 g/mol. The number of sulfone groups is 1. The van der Waals surface area contributed by atoms with Gasteiger partial charge in [-0.25, -0.2) is 12.8 Å². The van der Waals surface area contributed by atoms with Crippen molar-refractivity contribution in [2.24, 2.45) is 0 Å². The number of hydrogen-bond donors (Lipinski definition) is 1. The number of nitrogens with one attached hydrogen (secondary N) is 1. The zero-order valence-corrected chi connectivity index (χ0v) is 13.1. The SMILES string of the molecule is CS(=O)(=O)C1CCCC(Nc2ccc(F)cc2Br)C1. The van der Waals surface area contributed by atoms with Crippen LogP contribution < -0.4 is 5.32 Å². The van der Waals surface area contributed by atoms with Gasteiger partial charge < -0.3 is 5.32 Å². The molecular weight excluding hydrogens is 333 g/mol. The fourth-order valence-corrected chi connectivity index (χ4v) is 4.13. The summed E-state index contributed by atoms with van der Waals surface area (Å²) in [5.74, 6) is -0.296. The Labute approximate surface area is 121 Å². The Bertz CT molecular complexity index is 562. The average Bonchev–Trinajstić information content (AvgIpc) is 2.32. The first-order chi connectivity index (χ1) is 8.86. The van der Waals surface area contributed by atoms with Crippen LogP contribution in [0.5, 0.6) is 0 Å². The van der Waals surface area contributed by atoms with Gasteiger partial charge in [0.15, 0.2) is 0 Å². The van der Waals surface area contributed by atoms with E-state index in [1.165, 1.54) is 18.4 Å². The Balaban J connectivity index is 2.07. The van der Waals surface area contributed by atoms with E-state index in [1.807, 2.05) is 0 Å². The van der Waals surface area contributed by atoms with Crippen LogP contribution in [0.3, 0.4) is 0 Å². The van der Waals surface area contributed by atoms with Crippen molar-refractivity contribution >= 4 is 31.5 Å². The van der Waals surface area contributed by atoms with Crippen LogP contribution in [0.1, 0.15) is 25.7 Å². The van der Waals surface area contributed by atoms with E-state index in [0.29, 0.717) is 10.9 Å². The third kappa shape index (κ3) is 3.92. The molecule has 1 aromatic carbocycles. The Morgan fingerprint density at radius 1 is 1.37 bits per heavy atom. The number of hydrogen-bond acceptors (Lipinski definition) is 3.